The Morgan fingerprint density at radius 2 is 1.90 bits per heavy atom. The van der Waals surface area contributed by atoms with Crippen LogP contribution in [-0.4, -0.2) is 78.3 Å². The molecule has 2 aromatic heterocycles. The minimum absolute atomic E-state index is 0.252. The fraction of sp³-hybridized carbons (Fsp3) is 0.375. The number of aliphatic hydroxyl groups excluding tert-OH is 4. The summed E-state index contributed by atoms with van der Waals surface area (Å²) in [4.78, 5) is 21.8. The molecule has 1 aliphatic rings. The van der Waals surface area contributed by atoms with Crippen LogP contribution in [0.3, 0.4) is 0 Å². The normalized spacial score (nSPS) is 23.8. The smallest absolute Gasteiger partial charge is 0.406 e. The van der Waals surface area contributed by atoms with Gasteiger partial charge in [0.05, 0.1) is 34.0 Å². The fourth-order valence-corrected chi connectivity index (χ4v) is 5.33. The number of rotatable bonds is 7. The highest BCUT2D eigenvalue weighted by Crippen LogP contribution is 2.34. The number of thiazole rings is 1. The van der Waals surface area contributed by atoms with E-state index in [9.17, 15) is 38.4 Å². The second-order valence-corrected chi connectivity index (χ2v) is 10.1. The Morgan fingerprint density at radius 1 is 1.13 bits per heavy atom. The Morgan fingerprint density at radius 3 is 2.62 bits per heavy atom. The molecule has 1 fully saturated rings. The Labute approximate surface area is 222 Å². The van der Waals surface area contributed by atoms with Crippen molar-refractivity contribution in [3.05, 3.63) is 42.0 Å². The number of imidazole rings is 1. The molecular formula is C24H23F3N4O7S. The summed E-state index contributed by atoms with van der Waals surface area (Å²) < 4.78 is 48.8. The molecule has 15 heteroatoms. The van der Waals surface area contributed by atoms with E-state index in [2.05, 4.69) is 20.0 Å². The van der Waals surface area contributed by atoms with E-state index in [1.807, 2.05) is 0 Å². The molecule has 5 atom stereocenters. The van der Waals surface area contributed by atoms with Gasteiger partial charge in [-0.05, 0) is 30.3 Å². The van der Waals surface area contributed by atoms with E-state index in [1.165, 1.54) is 24.3 Å². The maximum absolute atomic E-state index is 13.0. The van der Waals surface area contributed by atoms with Crippen LogP contribution in [0.5, 0.6) is 5.75 Å². The molecule has 0 saturated carbocycles. The van der Waals surface area contributed by atoms with Gasteiger partial charge in [-0.3, -0.25) is 4.79 Å². The molecule has 3 heterocycles. The van der Waals surface area contributed by atoms with Crippen molar-refractivity contribution in [3.63, 3.8) is 0 Å². The SMILES string of the molecule is Cn1c(Nc2nc3ccc(OC(F)(F)F)cc3s2)nc2cc(C(=O)C[C@@H]3[C@@H](O)[C@H](O)[C@@H](CO)O[C@@H]3O)ccc21. The number of carbonyl (C=O) groups excluding carboxylic acids is 1. The highest BCUT2D eigenvalue weighted by atomic mass is 32.1. The van der Waals surface area contributed by atoms with Crippen LogP contribution in [0.1, 0.15) is 16.8 Å². The molecule has 11 nitrogen and oxygen atoms in total. The first kappa shape index (κ1) is 27.2. The number of ketones is 1. The number of anilines is 2. The molecule has 39 heavy (non-hydrogen) atoms. The molecule has 0 radical (unpaired) electrons. The number of hydrogen-bond acceptors (Lipinski definition) is 11. The number of nitrogens with zero attached hydrogens (tertiary/aromatic N) is 3. The number of ether oxygens (including phenoxy) is 2. The van der Waals surface area contributed by atoms with E-state index in [4.69, 9.17) is 4.74 Å². The number of carbonyl (C=O) groups is 1. The van der Waals surface area contributed by atoms with Crippen LogP contribution < -0.4 is 10.1 Å². The quantitative estimate of drug-likeness (QED) is 0.210. The minimum Gasteiger partial charge on any atom is -0.406 e. The lowest BCUT2D eigenvalue weighted by molar-refractivity contribution is -0.274. The number of fused-ring (bicyclic) bond motifs is 2. The molecule has 0 bridgehead atoms. The van der Waals surface area contributed by atoms with Gasteiger partial charge in [-0.15, -0.1) is 13.2 Å². The predicted molar refractivity (Wildman–Crippen MR) is 133 cm³/mol. The number of nitrogens with one attached hydrogen (secondary N) is 1. The molecule has 1 aliphatic heterocycles. The topological polar surface area (TPSA) is 159 Å². The third-order valence-corrected chi connectivity index (χ3v) is 7.40. The zero-order valence-corrected chi connectivity index (χ0v) is 21.0. The zero-order valence-electron chi connectivity index (χ0n) is 20.2. The molecule has 1 saturated heterocycles. The number of halogens is 3. The largest absolute Gasteiger partial charge is 0.573 e. The molecule has 2 aromatic carbocycles. The summed E-state index contributed by atoms with van der Waals surface area (Å²) in [5, 5.41) is 43.2. The van der Waals surface area contributed by atoms with E-state index in [0.717, 1.165) is 11.3 Å². The van der Waals surface area contributed by atoms with Crippen molar-refractivity contribution in [2.24, 2.45) is 13.0 Å². The Hall–Kier alpha value is -3.34. The van der Waals surface area contributed by atoms with Gasteiger partial charge >= 0.3 is 6.36 Å². The maximum atomic E-state index is 13.0. The van der Waals surface area contributed by atoms with Crippen molar-refractivity contribution < 1.29 is 47.9 Å². The second kappa shape index (κ2) is 10.3. The van der Waals surface area contributed by atoms with Gasteiger partial charge in [0.1, 0.15) is 18.0 Å². The summed E-state index contributed by atoms with van der Waals surface area (Å²) in [6, 6.07) is 8.60. The van der Waals surface area contributed by atoms with E-state index >= 15 is 0 Å². The third-order valence-electron chi connectivity index (χ3n) is 6.47. The Kier molecular flexibility index (Phi) is 7.21. The summed E-state index contributed by atoms with van der Waals surface area (Å²) in [7, 11) is 1.73. The second-order valence-electron chi connectivity index (χ2n) is 9.04. The highest BCUT2D eigenvalue weighted by Gasteiger charge is 2.44. The highest BCUT2D eigenvalue weighted by molar-refractivity contribution is 7.22. The molecule has 0 unspecified atom stereocenters. The van der Waals surface area contributed by atoms with Gasteiger partial charge in [-0.2, -0.15) is 0 Å². The average molecular weight is 569 g/mol. The van der Waals surface area contributed by atoms with Gasteiger partial charge in [0, 0.05) is 31.0 Å². The average Bonchev–Trinajstić information content (AvgIpc) is 3.42. The first-order valence-corrected chi connectivity index (χ1v) is 12.5. The van der Waals surface area contributed by atoms with E-state index < -0.39 is 49.3 Å². The van der Waals surface area contributed by atoms with Crippen molar-refractivity contribution in [2.45, 2.75) is 37.4 Å². The van der Waals surface area contributed by atoms with Crippen molar-refractivity contribution in [2.75, 3.05) is 11.9 Å². The Bertz CT molecular complexity index is 1520. The van der Waals surface area contributed by atoms with Crippen molar-refractivity contribution in [1.29, 1.82) is 0 Å². The van der Waals surface area contributed by atoms with Crippen LogP contribution in [0.4, 0.5) is 24.3 Å². The fourth-order valence-electron chi connectivity index (χ4n) is 4.44. The lowest BCUT2D eigenvalue weighted by atomic mass is 9.86. The molecule has 208 valence electrons. The maximum Gasteiger partial charge on any atom is 0.573 e. The molecule has 0 aliphatic carbocycles. The molecule has 4 aromatic rings. The van der Waals surface area contributed by atoms with Gasteiger partial charge in [-0.25, -0.2) is 9.97 Å². The number of benzene rings is 2. The lowest BCUT2D eigenvalue weighted by Gasteiger charge is -2.39. The van der Waals surface area contributed by atoms with Crippen molar-refractivity contribution >= 4 is 49.4 Å². The number of aliphatic hydroxyl groups is 4. The summed E-state index contributed by atoms with van der Waals surface area (Å²) in [5.74, 6) is -1.52. The van der Waals surface area contributed by atoms with Crippen LogP contribution in [0.2, 0.25) is 0 Å². The van der Waals surface area contributed by atoms with E-state index in [-0.39, 0.29) is 17.7 Å². The van der Waals surface area contributed by atoms with Crippen molar-refractivity contribution in [1.82, 2.24) is 14.5 Å². The number of Topliss-reactive ketones (excluding diaryl/α,β-unsaturated/α-hetero) is 1. The first-order valence-electron chi connectivity index (χ1n) is 11.7. The van der Waals surface area contributed by atoms with Gasteiger partial charge < -0.3 is 39.8 Å². The van der Waals surface area contributed by atoms with Gasteiger partial charge in [-0.1, -0.05) is 11.3 Å². The van der Waals surface area contributed by atoms with Gasteiger partial charge in [0.2, 0.25) is 5.95 Å². The monoisotopic (exact) mass is 568 g/mol. The molecule has 5 rings (SSSR count). The first-order chi connectivity index (χ1) is 18.4. The summed E-state index contributed by atoms with van der Waals surface area (Å²) in [5.41, 5.74) is 1.84. The van der Waals surface area contributed by atoms with Crippen LogP contribution in [0, 0.1) is 5.92 Å². The standard InChI is InChI=1S/C24H23F3N4O7S/c1-31-15-5-2-10(16(33)8-12-19(34)20(35)17(9-32)37-21(12)36)6-14(15)28-22(31)30-23-29-13-4-3-11(7-18(13)39-23)38-24(25,26)27/h2-7,12,17,19-21,32,34-36H,8-9H2,1H3,(H,28,29,30)/t12-,17-,19-,20-,21+/m1/s1. The van der Waals surface area contributed by atoms with Crippen LogP contribution in [-0.2, 0) is 11.8 Å². The number of alkyl halides is 3. The van der Waals surface area contributed by atoms with Crippen molar-refractivity contribution in [3.8, 4) is 5.75 Å². The van der Waals surface area contributed by atoms with Gasteiger partial charge in [0.15, 0.2) is 17.2 Å². The zero-order chi connectivity index (χ0) is 28.1. The molecule has 0 amide bonds. The molecular weight excluding hydrogens is 545 g/mol. The summed E-state index contributed by atoms with van der Waals surface area (Å²) in [6.07, 6.45) is -10.8. The number of aromatic nitrogens is 3. The van der Waals surface area contributed by atoms with Crippen LogP contribution >= 0.6 is 11.3 Å². The molecule has 5 N–H and O–H groups in total. The van der Waals surface area contributed by atoms with Gasteiger partial charge in [0.25, 0.3) is 0 Å². The van der Waals surface area contributed by atoms with E-state index in [1.54, 1.807) is 23.7 Å². The third kappa shape index (κ3) is 5.54. The van der Waals surface area contributed by atoms with Crippen LogP contribution in [0.25, 0.3) is 21.3 Å². The minimum atomic E-state index is -4.80. The number of hydrogen-bond donors (Lipinski definition) is 5. The predicted octanol–water partition coefficient (Wildman–Crippen LogP) is 2.45. The lowest BCUT2D eigenvalue weighted by Crippen LogP contribution is -2.56. The van der Waals surface area contributed by atoms with Crippen LogP contribution in [0.15, 0.2) is 36.4 Å². The summed E-state index contributed by atoms with van der Waals surface area (Å²) in [6.45, 7) is -0.604. The summed E-state index contributed by atoms with van der Waals surface area (Å²) >= 11 is 1.11. The molecule has 0 spiro atoms. The van der Waals surface area contributed by atoms with E-state index in [0.29, 0.717) is 32.3 Å². The number of aryl methyl sites for hydroxylation is 1. The Balaban J connectivity index is 1.34.